The van der Waals surface area contributed by atoms with Crippen molar-refractivity contribution in [3.05, 3.63) is 48.6 Å². The van der Waals surface area contributed by atoms with Crippen molar-refractivity contribution in [1.29, 1.82) is 0 Å². The second-order valence-corrected chi connectivity index (χ2v) is 26.9. The van der Waals surface area contributed by atoms with Crippen LogP contribution in [0.15, 0.2) is 48.6 Å². The molecule has 0 rings (SSSR count). The summed E-state index contributed by atoms with van der Waals surface area (Å²) in [6.07, 6.45) is 86.5. The molecule has 0 radical (unpaired) electrons. The zero-order valence-corrected chi connectivity index (χ0v) is 58.4. The number of quaternary nitrogens is 1. The summed E-state index contributed by atoms with van der Waals surface area (Å²) in [6, 6.07) is 0. The van der Waals surface area contributed by atoms with Gasteiger partial charge in [0.1, 0.15) is 13.2 Å². The molecule has 2 atom stereocenters. The predicted molar refractivity (Wildman–Crippen MR) is 371 cm³/mol. The minimum absolute atomic E-state index is 0.149. The van der Waals surface area contributed by atoms with Crippen molar-refractivity contribution < 1.29 is 42.9 Å². The maximum Gasteiger partial charge on any atom is 0.306 e. The smallest absolute Gasteiger partial charge is 0.306 e. The van der Waals surface area contributed by atoms with Gasteiger partial charge < -0.3 is 33.3 Å². The second-order valence-electron chi connectivity index (χ2n) is 26.9. The van der Waals surface area contributed by atoms with Gasteiger partial charge in [0, 0.05) is 12.8 Å². The molecule has 0 N–H and O–H groups in total. The number of likely N-dealkylation sites (N-methyl/N-ethyl adjacent to an activating group) is 1. The Morgan fingerprint density at radius 3 is 0.931 bits per heavy atom. The third kappa shape index (κ3) is 70.6. The van der Waals surface area contributed by atoms with Gasteiger partial charge in [-0.3, -0.25) is 9.59 Å². The topological polar surface area (TPSA) is 111 Å². The van der Waals surface area contributed by atoms with E-state index < -0.39 is 24.3 Å². The first-order valence-electron chi connectivity index (χ1n) is 37.8. The van der Waals surface area contributed by atoms with Crippen LogP contribution in [0.1, 0.15) is 373 Å². The van der Waals surface area contributed by atoms with Crippen molar-refractivity contribution in [2.45, 2.75) is 386 Å². The van der Waals surface area contributed by atoms with Crippen LogP contribution in [0.3, 0.4) is 0 Å². The highest BCUT2D eigenvalue weighted by molar-refractivity contribution is 5.70. The number of aliphatic carboxylic acids is 1. The van der Waals surface area contributed by atoms with E-state index >= 15 is 0 Å². The van der Waals surface area contributed by atoms with E-state index in [1.54, 1.807) is 0 Å². The third-order valence-corrected chi connectivity index (χ3v) is 17.0. The Bertz CT molecular complexity index is 1570. The highest BCUT2D eigenvalue weighted by Gasteiger charge is 2.22. The molecule has 0 aliphatic heterocycles. The van der Waals surface area contributed by atoms with E-state index in [1.807, 2.05) is 21.1 Å². The van der Waals surface area contributed by atoms with Gasteiger partial charge in [-0.05, 0) is 77.0 Å². The van der Waals surface area contributed by atoms with Crippen molar-refractivity contribution >= 4 is 17.9 Å². The number of hydrogen-bond acceptors (Lipinski definition) is 8. The summed E-state index contributed by atoms with van der Waals surface area (Å²) in [4.78, 5) is 37.5. The largest absolute Gasteiger partial charge is 0.545 e. The average molecular weight is 1230 g/mol. The fraction of sp³-hybridized carbons (Fsp3) is 0.859. The van der Waals surface area contributed by atoms with E-state index in [4.69, 9.17) is 18.9 Å². The lowest BCUT2D eigenvalue weighted by Gasteiger charge is -2.26. The number of carboxylic acids is 1. The predicted octanol–water partition coefficient (Wildman–Crippen LogP) is 22.4. The lowest BCUT2D eigenvalue weighted by molar-refractivity contribution is -0.870. The Morgan fingerprint density at radius 2 is 0.621 bits per heavy atom. The van der Waals surface area contributed by atoms with Gasteiger partial charge in [0.15, 0.2) is 12.4 Å². The summed E-state index contributed by atoms with van der Waals surface area (Å²) in [7, 11) is 5.94. The highest BCUT2D eigenvalue weighted by atomic mass is 16.7. The standard InChI is InChI=1S/C78H145NO8/c1-6-8-10-12-14-16-18-20-22-24-26-28-30-32-34-35-36-37-38-39-40-41-43-44-46-48-50-52-54-56-58-60-62-64-66-68-75(80)85-72-74(73-86-78(77(82)83)84-71-70-79(3,4)5)87-76(81)69-67-65-63-61-59-57-55-53-51-49-47-45-42-33-31-29-27-25-23-21-19-17-15-13-11-9-7-2/h19,21,24-27,31,33,74,78H,6-18,20,22-23,28-30,32,34-73H2,1-5H3/b21-19-,26-24-,27-25-,33-31-. The van der Waals surface area contributed by atoms with Gasteiger partial charge in [-0.2, -0.15) is 0 Å². The van der Waals surface area contributed by atoms with Gasteiger partial charge in [0.25, 0.3) is 0 Å². The van der Waals surface area contributed by atoms with E-state index in [1.165, 1.54) is 289 Å². The molecule has 0 heterocycles. The molecule has 9 heteroatoms. The van der Waals surface area contributed by atoms with Gasteiger partial charge in [-0.25, -0.2) is 0 Å². The van der Waals surface area contributed by atoms with Gasteiger partial charge in [0.05, 0.1) is 40.3 Å². The molecule has 0 spiro atoms. The molecular formula is C78H145NO8. The van der Waals surface area contributed by atoms with Gasteiger partial charge in [0.2, 0.25) is 0 Å². The lowest BCUT2D eigenvalue weighted by Crippen LogP contribution is -2.44. The molecule has 0 saturated heterocycles. The van der Waals surface area contributed by atoms with Crippen LogP contribution in [0.25, 0.3) is 0 Å². The zero-order valence-electron chi connectivity index (χ0n) is 58.4. The zero-order chi connectivity index (χ0) is 63.3. The molecule has 0 bridgehead atoms. The summed E-state index contributed by atoms with van der Waals surface area (Å²) < 4.78 is 22.8. The molecule has 2 unspecified atom stereocenters. The number of rotatable bonds is 71. The Morgan fingerprint density at radius 1 is 0.345 bits per heavy atom. The van der Waals surface area contributed by atoms with Gasteiger partial charge in [-0.1, -0.05) is 332 Å². The van der Waals surface area contributed by atoms with Crippen molar-refractivity contribution in [2.75, 3.05) is 47.5 Å². The summed E-state index contributed by atoms with van der Waals surface area (Å²) in [5.74, 6) is -2.26. The van der Waals surface area contributed by atoms with E-state index in [-0.39, 0.29) is 32.2 Å². The van der Waals surface area contributed by atoms with E-state index in [0.29, 0.717) is 23.9 Å². The fourth-order valence-corrected chi connectivity index (χ4v) is 11.2. The Labute approximate surface area is 540 Å². The minimum Gasteiger partial charge on any atom is -0.545 e. The summed E-state index contributed by atoms with van der Waals surface area (Å²) >= 11 is 0. The van der Waals surface area contributed by atoms with Crippen molar-refractivity contribution in [3.63, 3.8) is 0 Å². The van der Waals surface area contributed by atoms with Crippen molar-refractivity contribution in [1.82, 2.24) is 0 Å². The first-order valence-corrected chi connectivity index (χ1v) is 37.8. The Balaban J connectivity index is 4.02. The number of hydrogen-bond donors (Lipinski definition) is 0. The number of ether oxygens (including phenoxy) is 4. The molecule has 9 nitrogen and oxygen atoms in total. The van der Waals surface area contributed by atoms with Crippen LogP contribution in [0.2, 0.25) is 0 Å². The maximum absolute atomic E-state index is 12.9. The molecule has 0 amide bonds. The monoisotopic (exact) mass is 1220 g/mol. The van der Waals surface area contributed by atoms with E-state index in [9.17, 15) is 19.5 Å². The minimum atomic E-state index is -1.62. The number of allylic oxidation sites excluding steroid dienone is 8. The number of carbonyl (C=O) groups is 3. The highest BCUT2D eigenvalue weighted by Crippen LogP contribution is 2.19. The van der Waals surface area contributed by atoms with Crippen LogP contribution < -0.4 is 5.11 Å². The molecule has 510 valence electrons. The lowest BCUT2D eigenvalue weighted by atomic mass is 10.0. The van der Waals surface area contributed by atoms with Crippen LogP contribution in [0, 0.1) is 0 Å². The number of esters is 2. The van der Waals surface area contributed by atoms with E-state index in [2.05, 4.69) is 62.5 Å². The van der Waals surface area contributed by atoms with Crippen LogP contribution in [0.5, 0.6) is 0 Å². The molecule has 0 aromatic carbocycles. The molecule has 0 aromatic rings. The normalized spacial score (nSPS) is 12.9. The SMILES string of the molecule is CCCCCCC/C=C\C/C=C\C/C=C\CCCCCCCCCCCCCCC(=O)OC(COC(=O)CCCCCCCCCCCCCCCCCCCCCCCCC/C=C\CCCCCCCCCC)COC(OCC[N+](C)(C)C)C(=O)[O-]. The molecule has 0 fully saturated rings. The molecule has 0 aliphatic carbocycles. The number of unbranched alkanes of at least 4 members (excludes halogenated alkanes) is 48. The summed E-state index contributed by atoms with van der Waals surface area (Å²) in [5.41, 5.74) is 0. The molecule has 0 aromatic heterocycles. The number of carboxylic acid groups (broad SMARTS) is 1. The van der Waals surface area contributed by atoms with E-state index in [0.717, 1.165) is 51.4 Å². The van der Waals surface area contributed by atoms with Crippen LogP contribution in [0.4, 0.5) is 0 Å². The average Bonchev–Trinajstić information content (AvgIpc) is 3.56. The first-order chi connectivity index (χ1) is 42.6. The molecular weight excluding hydrogens is 1080 g/mol. The van der Waals surface area contributed by atoms with Crippen LogP contribution >= 0.6 is 0 Å². The third-order valence-electron chi connectivity index (χ3n) is 17.0. The summed E-state index contributed by atoms with van der Waals surface area (Å²) in [5, 5.41) is 11.8. The van der Waals surface area contributed by atoms with Gasteiger partial charge in [-0.15, -0.1) is 0 Å². The number of nitrogens with zero attached hydrogens (tertiary/aromatic N) is 1. The quantitative estimate of drug-likeness (QED) is 0.0195. The van der Waals surface area contributed by atoms with Gasteiger partial charge >= 0.3 is 11.9 Å². The van der Waals surface area contributed by atoms with Crippen molar-refractivity contribution in [3.8, 4) is 0 Å². The molecule has 87 heavy (non-hydrogen) atoms. The Hall–Kier alpha value is -2.75. The van der Waals surface area contributed by atoms with Crippen molar-refractivity contribution in [2.24, 2.45) is 0 Å². The number of carbonyl (C=O) groups excluding carboxylic acids is 3. The fourth-order valence-electron chi connectivity index (χ4n) is 11.2. The molecule has 0 saturated carbocycles. The molecule has 0 aliphatic rings. The van der Waals surface area contributed by atoms with Crippen LogP contribution in [-0.4, -0.2) is 82.3 Å². The summed E-state index contributed by atoms with van der Waals surface area (Å²) in [6.45, 7) is 4.79. The van der Waals surface area contributed by atoms with Crippen LogP contribution in [-0.2, 0) is 33.3 Å². The Kier molecular flexibility index (Phi) is 67.0. The first kappa shape index (κ1) is 84.2. The second kappa shape index (κ2) is 69.1. The maximum atomic E-state index is 12.9.